The van der Waals surface area contributed by atoms with Gasteiger partial charge < -0.3 is 5.32 Å². The fraction of sp³-hybridized carbons (Fsp3) is 0.333. The highest BCUT2D eigenvalue weighted by Gasteiger charge is 2.01. The largest absolute Gasteiger partial charge is 0.308 e. The van der Waals surface area contributed by atoms with E-state index in [-0.39, 0.29) is 0 Å². The maximum atomic E-state index is 3.51. The summed E-state index contributed by atoms with van der Waals surface area (Å²) in [5, 5.41) is 5.69. The number of aryl methyl sites for hydroxylation is 2. The third kappa shape index (κ3) is 3.42. The highest BCUT2D eigenvalue weighted by Crippen LogP contribution is 2.17. The van der Waals surface area contributed by atoms with E-state index in [1.165, 1.54) is 21.6 Å². The van der Waals surface area contributed by atoms with Crippen LogP contribution in [0.5, 0.6) is 0 Å². The minimum absolute atomic E-state index is 0.946. The molecule has 2 aromatic rings. The van der Waals surface area contributed by atoms with Crippen LogP contribution in [0.4, 0.5) is 0 Å². The van der Waals surface area contributed by atoms with Crippen molar-refractivity contribution in [1.82, 2.24) is 5.32 Å². The van der Waals surface area contributed by atoms with Crippen molar-refractivity contribution in [3.8, 4) is 0 Å². The number of benzene rings is 1. The Morgan fingerprint density at radius 2 is 1.82 bits per heavy atom. The van der Waals surface area contributed by atoms with Crippen molar-refractivity contribution < 1.29 is 0 Å². The van der Waals surface area contributed by atoms with E-state index in [1.54, 1.807) is 0 Å². The SMILES string of the molecule is CCc1ccsc1CNCc1ccc(C)cc1. The van der Waals surface area contributed by atoms with E-state index in [2.05, 4.69) is 54.9 Å². The molecule has 0 amide bonds. The van der Waals surface area contributed by atoms with Crippen LogP contribution in [0, 0.1) is 6.92 Å². The normalized spacial score (nSPS) is 10.7. The van der Waals surface area contributed by atoms with Crippen LogP contribution >= 0.6 is 11.3 Å². The van der Waals surface area contributed by atoms with Crippen molar-refractivity contribution in [2.24, 2.45) is 0 Å². The van der Waals surface area contributed by atoms with Crippen molar-refractivity contribution in [3.05, 3.63) is 57.3 Å². The Bertz CT molecular complexity index is 456. The minimum atomic E-state index is 0.946. The molecule has 17 heavy (non-hydrogen) atoms. The topological polar surface area (TPSA) is 12.0 Å². The molecule has 1 nitrogen and oxygen atoms in total. The zero-order valence-electron chi connectivity index (χ0n) is 10.5. The van der Waals surface area contributed by atoms with Gasteiger partial charge in [-0.3, -0.25) is 0 Å². The minimum Gasteiger partial charge on any atom is -0.308 e. The Kier molecular flexibility index (Phi) is 4.35. The predicted octanol–water partition coefficient (Wildman–Crippen LogP) is 3.91. The van der Waals surface area contributed by atoms with E-state index in [0.717, 1.165) is 19.5 Å². The Hall–Kier alpha value is -1.12. The van der Waals surface area contributed by atoms with Crippen LogP contribution in [0.15, 0.2) is 35.7 Å². The van der Waals surface area contributed by atoms with Gasteiger partial charge in [-0.15, -0.1) is 11.3 Å². The molecule has 0 aliphatic heterocycles. The maximum Gasteiger partial charge on any atom is 0.0305 e. The van der Waals surface area contributed by atoms with Gasteiger partial charge in [-0.2, -0.15) is 0 Å². The first-order valence-corrected chi connectivity index (χ1v) is 6.99. The Morgan fingerprint density at radius 3 is 2.53 bits per heavy atom. The fourth-order valence-corrected chi connectivity index (χ4v) is 2.81. The van der Waals surface area contributed by atoms with Crippen LogP contribution in [0.2, 0.25) is 0 Å². The molecule has 0 saturated carbocycles. The average molecular weight is 245 g/mol. The lowest BCUT2D eigenvalue weighted by Gasteiger charge is -2.05. The summed E-state index contributed by atoms with van der Waals surface area (Å²) in [7, 11) is 0. The second-order valence-corrected chi connectivity index (χ2v) is 5.31. The lowest BCUT2D eigenvalue weighted by atomic mass is 10.1. The molecule has 0 aliphatic rings. The third-order valence-electron chi connectivity index (χ3n) is 2.95. The summed E-state index contributed by atoms with van der Waals surface area (Å²) >= 11 is 1.85. The van der Waals surface area contributed by atoms with Gasteiger partial charge in [0.25, 0.3) is 0 Å². The van der Waals surface area contributed by atoms with Crippen molar-refractivity contribution in [3.63, 3.8) is 0 Å². The van der Waals surface area contributed by atoms with E-state index in [1.807, 2.05) is 11.3 Å². The molecule has 1 aromatic carbocycles. The second kappa shape index (κ2) is 5.99. The van der Waals surface area contributed by atoms with E-state index in [0.29, 0.717) is 0 Å². The molecular weight excluding hydrogens is 226 g/mol. The molecule has 1 aromatic heterocycles. The Labute approximate surface area is 108 Å². The van der Waals surface area contributed by atoms with Crippen molar-refractivity contribution >= 4 is 11.3 Å². The van der Waals surface area contributed by atoms with E-state index < -0.39 is 0 Å². The van der Waals surface area contributed by atoms with Crippen molar-refractivity contribution in [2.45, 2.75) is 33.4 Å². The molecule has 0 atom stereocenters. The van der Waals surface area contributed by atoms with Crippen LogP contribution in [-0.2, 0) is 19.5 Å². The van der Waals surface area contributed by atoms with Gasteiger partial charge in [-0.05, 0) is 35.9 Å². The predicted molar refractivity (Wildman–Crippen MR) is 75.4 cm³/mol. The summed E-state index contributed by atoms with van der Waals surface area (Å²) < 4.78 is 0. The molecular formula is C15H19NS. The summed E-state index contributed by atoms with van der Waals surface area (Å²) in [5.74, 6) is 0. The first-order valence-electron chi connectivity index (χ1n) is 6.11. The molecule has 2 rings (SSSR count). The Balaban J connectivity index is 1.85. The number of hydrogen-bond donors (Lipinski definition) is 1. The second-order valence-electron chi connectivity index (χ2n) is 4.31. The molecule has 90 valence electrons. The van der Waals surface area contributed by atoms with Crippen molar-refractivity contribution in [2.75, 3.05) is 0 Å². The van der Waals surface area contributed by atoms with Gasteiger partial charge in [-0.1, -0.05) is 36.8 Å². The molecule has 0 radical (unpaired) electrons. The quantitative estimate of drug-likeness (QED) is 0.842. The van der Waals surface area contributed by atoms with Crippen LogP contribution in [0.25, 0.3) is 0 Å². The number of nitrogens with one attached hydrogen (secondary N) is 1. The van der Waals surface area contributed by atoms with Gasteiger partial charge in [0.2, 0.25) is 0 Å². The number of rotatable bonds is 5. The molecule has 0 unspecified atom stereocenters. The zero-order valence-corrected chi connectivity index (χ0v) is 11.3. The molecule has 0 saturated heterocycles. The van der Waals surface area contributed by atoms with Crippen LogP contribution in [-0.4, -0.2) is 0 Å². The lowest BCUT2D eigenvalue weighted by Crippen LogP contribution is -2.12. The van der Waals surface area contributed by atoms with E-state index >= 15 is 0 Å². The monoisotopic (exact) mass is 245 g/mol. The van der Waals surface area contributed by atoms with Gasteiger partial charge in [0.05, 0.1) is 0 Å². The smallest absolute Gasteiger partial charge is 0.0305 e. The van der Waals surface area contributed by atoms with Gasteiger partial charge in [0, 0.05) is 18.0 Å². The molecule has 1 N–H and O–H groups in total. The lowest BCUT2D eigenvalue weighted by molar-refractivity contribution is 0.697. The standard InChI is InChI=1S/C15H19NS/c1-3-14-8-9-17-15(14)11-16-10-13-6-4-12(2)5-7-13/h4-9,16H,3,10-11H2,1-2H3. The number of thiophene rings is 1. The summed E-state index contributed by atoms with van der Waals surface area (Å²) in [6.45, 7) is 6.26. The third-order valence-corrected chi connectivity index (χ3v) is 3.92. The molecule has 1 heterocycles. The molecule has 0 bridgehead atoms. The molecule has 0 spiro atoms. The van der Waals surface area contributed by atoms with Gasteiger partial charge in [0.1, 0.15) is 0 Å². The zero-order chi connectivity index (χ0) is 12.1. The van der Waals surface area contributed by atoms with Gasteiger partial charge in [-0.25, -0.2) is 0 Å². The summed E-state index contributed by atoms with van der Waals surface area (Å²) in [5.41, 5.74) is 4.15. The van der Waals surface area contributed by atoms with Crippen LogP contribution in [0.1, 0.15) is 28.5 Å². The summed E-state index contributed by atoms with van der Waals surface area (Å²) in [4.78, 5) is 1.47. The van der Waals surface area contributed by atoms with Gasteiger partial charge >= 0.3 is 0 Å². The summed E-state index contributed by atoms with van der Waals surface area (Å²) in [6, 6.07) is 10.9. The van der Waals surface area contributed by atoms with E-state index in [9.17, 15) is 0 Å². The van der Waals surface area contributed by atoms with Crippen LogP contribution in [0.3, 0.4) is 0 Å². The first-order chi connectivity index (χ1) is 8.29. The fourth-order valence-electron chi connectivity index (χ4n) is 1.86. The Morgan fingerprint density at radius 1 is 1.06 bits per heavy atom. The highest BCUT2D eigenvalue weighted by atomic mass is 32.1. The molecule has 0 fully saturated rings. The maximum absolute atomic E-state index is 3.51. The molecule has 2 heteroatoms. The average Bonchev–Trinajstić information content (AvgIpc) is 2.79. The first kappa shape index (κ1) is 12.3. The number of hydrogen-bond acceptors (Lipinski definition) is 2. The van der Waals surface area contributed by atoms with Gasteiger partial charge in [0.15, 0.2) is 0 Å². The van der Waals surface area contributed by atoms with Crippen LogP contribution < -0.4 is 5.32 Å². The molecule has 0 aliphatic carbocycles. The van der Waals surface area contributed by atoms with Crippen molar-refractivity contribution in [1.29, 1.82) is 0 Å². The van der Waals surface area contributed by atoms with E-state index in [4.69, 9.17) is 0 Å². The summed E-state index contributed by atoms with van der Waals surface area (Å²) in [6.07, 6.45) is 1.13. The highest BCUT2D eigenvalue weighted by molar-refractivity contribution is 7.10.